The van der Waals surface area contributed by atoms with Gasteiger partial charge in [0.05, 0.1) is 23.6 Å². The van der Waals surface area contributed by atoms with Crippen molar-refractivity contribution in [2.45, 2.75) is 11.4 Å². The molecule has 1 fully saturated rings. The molecule has 0 bridgehead atoms. The molecule has 0 aliphatic carbocycles. The van der Waals surface area contributed by atoms with Gasteiger partial charge in [0.1, 0.15) is 11.6 Å². The molecule has 0 saturated carbocycles. The van der Waals surface area contributed by atoms with Gasteiger partial charge < -0.3 is 14.5 Å². The van der Waals surface area contributed by atoms with Crippen molar-refractivity contribution in [3.8, 4) is 5.75 Å². The maximum atomic E-state index is 13.6. The van der Waals surface area contributed by atoms with Gasteiger partial charge in [-0.25, -0.2) is 12.8 Å². The summed E-state index contributed by atoms with van der Waals surface area (Å²) < 4.78 is 46.7. The van der Waals surface area contributed by atoms with E-state index < -0.39 is 10.0 Å². The molecule has 0 spiro atoms. The summed E-state index contributed by atoms with van der Waals surface area (Å²) in [7, 11) is -2.59. The number of ether oxygens (including phenoxy) is 1. The summed E-state index contributed by atoms with van der Waals surface area (Å²) in [5.41, 5.74) is 1.64. The fraction of sp³-hybridized carbons (Fsp3) is 0.269. The maximum Gasteiger partial charge on any atom is 0.243 e. The standard InChI is InChI=1S/C26H27ClFN3O4S/c1-35-25-12-11-23(17-24(25)27)36(33,34)31(18-20-5-3-2-4-6-20)19-26(32)30-15-13-29(14-16-30)22-9-7-21(28)8-10-22/h2-12,17H,13-16,18-19H2,1H3. The number of piperazine rings is 1. The second-order valence-corrected chi connectivity index (χ2v) is 10.7. The van der Waals surface area contributed by atoms with Gasteiger partial charge in [0, 0.05) is 38.4 Å². The first-order valence-electron chi connectivity index (χ1n) is 11.4. The maximum absolute atomic E-state index is 13.6. The molecule has 0 atom stereocenters. The third-order valence-corrected chi connectivity index (χ3v) is 8.18. The lowest BCUT2D eigenvalue weighted by atomic mass is 10.2. The van der Waals surface area contributed by atoms with E-state index in [1.165, 1.54) is 41.7 Å². The Morgan fingerprint density at radius 1 is 1.00 bits per heavy atom. The van der Waals surface area contributed by atoms with Crippen molar-refractivity contribution in [3.63, 3.8) is 0 Å². The van der Waals surface area contributed by atoms with Gasteiger partial charge in [0.2, 0.25) is 15.9 Å². The largest absolute Gasteiger partial charge is 0.495 e. The SMILES string of the molecule is COc1ccc(S(=O)(=O)N(CC(=O)N2CCN(c3ccc(F)cc3)CC2)Cc2ccccc2)cc1Cl. The first-order valence-corrected chi connectivity index (χ1v) is 13.3. The van der Waals surface area contributed by atoms with Gasteiger partial charge >= 0.3 is 0 Å². The minimum atomic E-state index is -4.04. The van der Waals surface area contributed by atoms with Crippen LogP contribution in [0, 0.1) is 5.82 Å². The zero-order valence-corrected chi connectivity index (χ0v) is 21.4. The molecule has 1 aliphatic heterocycles. The van der Waals surface area contributed by atoms with Gasteiger partial charge in [0.25, 0.3) is 0 Å². The molecular formula is C26H27ClFN3O4S. The molecule has 1 heterocycles. The van der Waals surface area contributed by atoms with E-state index in [0.717, 1.165) is 11.3 Å². The molecule has 7 nitrogen and oxygen atoms in total. The summed E-state index contributed by atoms with van der Waals surface area (Å²) in [5, 5.41) is 0.168. The number of hydrogen-bond acceptors (Lipinski definition) is 5. The van der Waals surface area contributed by atoms with Crippen LogP contribution >= 0.6 is 11.6 Å². The van der Waals surface area contributed by atoms with E-state index in [2.05, 4.69) is 4.90 Å². The quantitative estimate of drug-likeness (QED) is 0.439. The summed E-state index contributed by atoms with van der Waals surface area (Å²) in [6.07, 6.45) is 0. The molecule has 1 aliphatic rings. The third kappa shape index (κ3) is 5.98. The Kier molecular flexibility index (Phi) is 8.13. The van der Waals surface area contributed by atoms with Gasteiger partial charge in [-0.3, -0.25) is 4.79 Å². The molecular weight excluding hydrogens is 505 g/mol. The predicted molar refractivity (Wildman–Crippen MR) is 137 cm³/mol. The monoisotopic (exact) mass is 531 g/mol. The topological polar surface area (TPSA) is 70.2 Å². The normalized spacial score (nSPS) is 14.2. The van der Waals surface area contributed by atoms with Crippen molar-refractivity contribution in [1.29, 1.82) is 0 Å². The number of anilines is 1. The van der Waals surface area contributed by atoms with Crippen LogP contribution < -0.4 is 9.64 Å². The molecule has 3 aromatic rings. The molecule has 3 aromatic carbocycles. The van der Waals surface area contributed by atoms with Crippen LogP contribution in [0.25, 0.3) is 0 Å². The fourth-order valence-electron chi connectivity index (χ4n) is 4.09. The highest BCUT2D eigenvalue weighted by Gasteiger charge is 2.30. The van der Waals surface area contributed by atoms with Crippen LogP contribution in [-0.2, 0) is 21.4 Å². The highest BCUT2D eigenvalue weighted by atomic mass is 35.5. The molecule has 36 heavy (non-hydrogen) atoms. The van der Waals surface area contributed by atoms with Crippen LogP contribution in [-0.4, -0.2) is 63.4 Å². The van der Waals surface area contributed by atoms with Crippen molar-refractivity contribution in [2.75, 3.05) is 44.7 Å². The Morgan fingerprint density at radius 3 is 2.28 bits per heavy atom. The van der Waals surface area contributed by atoms with Crippen molar-refractivity contribution in [3.05, 3.63) is 89.2 Å². The average molecular weight is 532 g/mol. The number of methoxy groups -OCH3 is 1. The summed E-state index contributed by atoms with van der Waals surface area (Å²) in [5.74, 6) is -0.223. The van der Waals surface area contributed by atoms with Crippen LogP contribution in [0.15, 0.2) is 77.7 Å². The zero-order chi connectivity index (χ0) is 25.7. The molecule has 0 N–H and O–H groups in total. The van der Waals surface area contributed by atoms with E-state index >= 15 is 0 Å². The van der Waals surface area contributed by atoms with Crippen LogP contribution in [0.1, 0.15) is 5.56 Å². The highest BCUT2D eigenvalue weighted by molar-refractivity contribution is 7.89. The lowest BCUT2D eigenvalue weighted by Crippen LogP contribution is -2.51. The van der Waals surface area contributed by atoms with Crippen molar-refractivity contribution < 1.29 is 22.3 Å². The molecule has 0 aromatic heterocycles. The van der Waals surface area contributed by atoms with Gasteiger partial charge in [0.15, 0.2) is 0 Å². The number of rotatable bonds is 8. The van der Waals surface area contributed by atoms with E-state index in [4.69, 9.17) is 16.3 Å². The molecule has 1 amide bonds. The summed E-state index contributed by atoms with van der Waals surface area (Å²) >= 11 is 6.19. The van der Waals surface area contributed by atoms with Gasteiger partial charge in [-0.1, -0.05) is 41.9 Å². The summed E-state index contributed by atoms with van der Waals surface area (Å²) in [4.78, 5) is 17.0. The molecule has 0 unspecified atom stereocenters. The number of carbonyl (C=O) groups excluding carboxylic acids is 1. The summed E-state index contributed by atoms with van der Waals surface area (Å²) in [6, 6.07) is 19.6. The van der Waals surface area contributed by atoms with Crippen LogP contribution in [0.5, 0.6) is 5.75 Å². The van der Waals surface area contributed by atoms with Crippen LogP contribution in [0.2, 0.25) is 5.02 Å². The molecule has 190 valence electrons. The number of benzene rings is 3. The highest BCUT2D eigenvalue weighted by Crippen LogP contribution is 2.29. The van der Waals surface area contributed by atoms with E-state index in [1.807, 2.05) is 30.3 Å². The second kappa shape index (κ2) is 11.3. The first-order chi connectivity index (χ1) is 17.3. The lowest BCUT2D eigenvalue weighted by Gasteiger charge is -2.37. The third-order valence-electron chi connectivity index (χ3n) is 6.10. The zero-order valence-electron chi connectivity index (χ0n) is 19.8. The lowest BCUT2D eigenvalue weighted by molar-refractivity contribution is -0.131. The number of halogens is 2. The number of amides is 1. The molecule has 0 radical (unpaired) electrons. The number of hydrogen-bond donors (Lipinski definition) is 0. The van der Waals surface area contributed by atoms with Crippen LogP contribution in [0.3, 0.4) is 0 Å². The van der Waals surface area contributed by atoms with E-state index in [-0.39, 0.29) is 34.7 Å². The van der Waals surface area contributed by atoms with Gasteiger partial charge in [-0.2, -0.15) is 4.31 Å². The fourth-order valence-corrected chi connectivity index (χ4v) is 5.81. The van der Waals surface area contributed by atoms with Gasteiger partial charge in [-0.05, 0) is 48.0 Å². The van der Waals surface area contributed by atoms with E-state index in [0.29, 0.717) is 31.9 Å². The Bertz CT molecular complexity index is 1300. The first kappa shape index (κ1) is 25.9. The van der Waals surface area contributed by atoms with Crippen molar-refractivity contribution >= 4 is 33.2 Å². The summed E-state index contributed by atoms with van der Waals surface area (Å²) in [6.45, 7) is 1.73. The molecule has 10 heteroatoms. The Balaban J connectivity index is 1.51. The van der Waals surface area contributed by atoms with E-state index in [1.54, 1.807) is 17.0 Å². The van der Waals surface area contributed by atoms with Gasteiger partial charge in [-0.15, -0.1) is 0 Å². The van der Waals surface area contributed by atoms with Crippen LogP contribution in [0.4, 0.5) is 10.1 Å². The van der Waals surface area contributed by atoms with Crippen molar-refractivity contribution in [1.82, 2.24) is 9.21 Å². The molecule has 4 rings (SSSR count). The number of nitrogens with zero attached hydrogens (tertiary/aromatic N) is 3. The second-order valence-electron chi connectivity index (χ2n) is 8.40. The average Bonchev–Trinajstić information content (AvgIpc) is 2.89. The Morgan fingerprint density at radius 2 is 1.67 bits per heavy atom. The Labute approximate surface area is 215 Å². The molecule has 1 saturated heterocycles. The number of carbonyl (C=O) groups is 1. The number of sulfonamides is 1. The smallest absolute Gasteiger partial charge is 0.243 e. The Hall–Kier alpha value is -3.14. The van der Waals surface area contributed by atoms with E-state index in [9.17, 15) is 17.6 Å². The van der Waals surface area contributed by atoms with Crippen molar-refractivity contribution in [2.24, 2.45) is 0 Å². The predicted octanol–water partition coefficient (Wildman–Crippen LogP) is 4.03. The minimum absolute atomic E-state index is 0.0156. The minimum Gasteiger partial charge on any atom is -0.495 e.